The summed E-state index contributed by atoms with van der Waals surface area (Å²) in [6, 6.07) is 5.31. The smallest absolute Gasteiger partial charge is 0.303 e. The predicted molar refractivity (Wildman–Crippen MR) is 67.9 cm³/mol. The fraction of sp³-hybridized carbons (Fsp3) is 0.429. The van der Waals surface area contributed by atoms with Crippen molar-refractivity contribution in [1.82, 2.24) is 0 Å². The van der Waals surface area contributed by atoms with Crippen molar-refractivity contribution in [1.29, 1.82) is 0 Å². The van der Waals surface area contributed by atoms with Crippen LogP contribution in [0, 0.1) is 6.92 Å². The summed E-state index contributed by atoms with van der Waals surface area (Å²) in [5.41, 5.74) is 0.161. The van der Waals surface area contributed by atoms with Crippen molar-refractivity contribution in [3.05, 3.63) is 29.3 Å². The van der Waals surface area contributed by atoms with Crippen molar-refractivity contribution in [3.63, 3.8) is 0 Å². The van der Waals surface area contributed by atoms with Crippen molar-refractivity contribution < 1.29 is 19.1 Å². The molecule has 0 unspecified atom stereocenters. The molecule has 0 aromatic heterocycles. The normalized spacial score (nSPS) is 10.9. The van der Waals surface area contributed by atoms with Crippen LogP contribution < -0.4 is 4.74 Å². The number of benzene rings is 1. The minimum Gasteiger partial charge on any atom is -0.496 e. The van der Waals surface area contributed by atoms with Crippen LogP contribution in [-0.2, 0) is 9.53 Å². The zero-order valence-corrected chi connectivity index (χ0v) is 11.4. The van der Waals surface area contributed by atoms with Crippen LogP contribution in [0.1, 0.15) is 36.7 Å². The lowest BCUT2D eigenvalue weighted by Crippen LogP contribution is -2.36. The highest BCUT2D eigenvalue weighted by Crippen LogP contribution is 2.26. The Morgan fingerprint density at radius 1 is 1.22 bits per heavy atom. The minimum absolute atomic E-state index is 0.279. The summed E-state index contributed by atoms with van der Waals surface area (Å²) in [5, 5.41) is 0. The summed E-state index contributed by atoms with van der Waals surface area (Å²) in [4.78, 5) is 23.4. The number of hydrogen-bond acceptors (Lipinski definition) is 4. The minimum atomic E-state index is -1.20. The number of ketones is 1. The van der Waals surface area contributed by atoms with Gasteiger partial charge in [-0.25, -0.2) is 0 Å². The first-order valence-electron chi connectivity index (χ1n) is 5.67. The summed E-state index contributed by atoms with van der Waals surface area (Å²) in [6.07, 6.45) is 0. The lowest BCUT2D eigenvalue weighted by atomic mass is 9.94. The molecule has 0 atom stereocenters. The lowest BCUT2D eigenvalue weighted by molar-refractivity contribution is -0.149. The van der Waals surface area contributed by atoms with Gasteiger partial charge in [0.15, 0.2) is 5.60 Å². The molecule has 1 aromatic rings. The van der Waals surface area contributed by atoms with Crippen LogP contribution in [-0.4, -0.2) is 24.5 Å². The number of Topliss-reactive ketones (excluding diaryl/α,β-unsaturated/α-hetero) is 1. The molecule has 0 aliphatic rings. The van der Waals surface area contributed by atoms with Gasteiger partial charge < -0.3 is 9.47 Å². The van der Waals surface area contributed by atoms with Crippen LogP contribution in [0.2, 0.25) is 0 Å². The molecule has 0 saturated carbocycles. The molecule has 0 radical (unpaired) electrons. The largest absolute Gasteiger partial charge is 0.496 e. The third kappa shape index (κ3) is 3.09. The molecule has 0 N–H and O–H groups in total. The van der Waals surface area contributed by atoms with E-state index < -0.39 is 11.6 Å². The van der Waals surface area contributed by atoms with Gasteiger partial charge in [0, 0.05) is 6.92 Å². The number of carbonyl (C=O) groups excluding carboxylic acids is 2. The molecule has 0 heterocycles. The second-order valence-corrected chi connectivity index (χ2v) is 4.64. The number of aryl methyl sites for hydroxylation is 1. The summed E-state index contributed by atoms with van der Waals surface area (Å²) in [5.74, 6) is -0.288. The number of esters is 1. The molecule has 1 aromatic carbocycles. The Morgan fingerprint density at radius 2 is 1.83 bits per heavy atom. The lowest BCUT2D eigenvalue weighted by Gasteiger charge is -2.23. The zero-order valence-electron chi connectivity index (χ0n) is 11.4. The van der Waals surface area contributed by atoms with E-state index in [9.17, 15) is 9.59 Å². The molecule has 0 bridgehead atoms. The van der Waals surface area contributed by atoms with E-state index in [0.29, 0.717) is 11.3 Å². The number of hydrogen-bond donors (Lipinski definition) is 0. The number of carbonyl (C=O) groups is 2. The van der Waals surface area contributed by atoms with Gasteiger partial charge in [-0.1, -0.05) is 11.6 Å². The first kappa shape index (κ1) is 14.2. The van der Waals surface area contributed by atoms with Crippen molar-refractivity contribution in [2.24, 2.45) is 0 Å². The van der Waals surface area contributed by atoms with E-state index in [1.54, 1.807) is 26.0 Å². The Bertz CT molecular complexity index is 475. The van der Waals surface area contributed by atoms with E-state index in [2.05, 4.69) is 0 Å². The molecular weight excluding hydrogens is 232 g/mol. The van der Waals surface area contributed by atoms with Crippen LogP contribution in [0.15, 0.2) is 18.2 Å². The highest BCUT2D eigenvalue weighted by atomic mass is 16.6. The van der Waals surface area contributed by atoms with Crippen molar-refractivity contribution in [2.45, 2.75) is 33.3 Å². The highest BCUT2D eigenvalue weighted by Gasteiger charge is 2.33. The average Bonchev–Trinajstić information content (AvgIpc) is 2.26. The monoisotopic (exact) mass is 250 g/mol. The van der Waals surface area contributed by atoms with Gasteiger partial charge in [0.1, 0.15) is 5.75 Å². The van der Waals surface area contributed by atoms with Gasteiger partial charge in [0.2, 0.25) is 5.78 Å². The van der Waals surface area contributed by atoms with Gasteiger partial charge in [-0.2, -0.15) is 0 Å². The number of rotatable bonds is 4. The number of methoxy groups -OCH3 is 1. The second-order valence-electron chi connectivity index (χ2n) is 4.64. The summed E-state index contributed by atoms with van der Waals surface area (Å²) < 4.78 is 10.2. The van der Waals surface area contributed by atoms with Crippen LogP contribution in [0.3, 0.4) is 0 Å². The number of ether oxygens (including phenoxy) is 2. The van der Waals surface area contributed by atoms with Gasteiger partial charge in [-0.05, 0) is 32.9 Å². The molecule has 0 aliphatic carbocycles. The fourth-order valence-electron chi connectivity index (χ4n) is 1.73. The van der Waals surface area contributed by atoms with Gasteiger partial charge in [0.05, 0.1) is 12.7 Å². The van der Waals surface area contributed by atoms with E-state index >= 15 is 0 Å². The molecule has 98 valence electrons. The topological polar surface area (TPSA) is 52.6 Å². The average molecular weight is 250 g/mol. The van der Waals surface area contributed by atoms with Crippen LogP contribution in [0.5, 0.6) is 5.75 Å². The fourth-order valence-corrected chi connectivity index (χ4v) is 1.73. The third-order valence-electron chi connectivity index (χ3n) is 2.55. The predicted octanol–water partition coefficient (Wildman–Crippen LogP) is 2.53. The Hall–Kier alpha value is -1.84. The summed E-state index contributed by atoms with van der Waals surface area (Å²) in [6.45, 7) is 6.30. The van der Waals surface area contributed by atoms with E-state index in [4.69, 9.17) is 9.47 Å². The van der Waals surface area contributed by atoms with Crippen LogP contribution in [0.4, 0.5) is 0 Å². The Balaban J connectivity index is 3.17. The van der Waals surface area contributed by atoms with Crippen molar-refractivity contribution >= 4 is 11.8 Å². The van der Waals surface area contributed by atoms with E-state index in [1.807, 2.05) is 13.0 Å². The molecule has 0 spiro atoms. The molecule has 0 fully saturated rings. The van der Waals surface area contributed by atoms with Crippen molar-refractivity contribution in [3.8, 4) is 5.75 Å². The van der Waals surface area contributed by atoms with Gasteiger partial charge in [0.25, 0.3) is 0 Å². The molecule has 0 amide bonds. The highest BCUT2D eigenvalue weighted by molar-refractivity contribution is 6.05. The van der Waals surface area contributed by atoms with Gasteiger partial charge >= 0.3 is 5.97 Å². The van der Waals surface area contributed by atoms with Crippen LogP contribution >= 0.6 is 0 Å². The third-order valence-corrected chi connectivity index (χ3v) is 2.55. The quantitative estimate of drug-likeness (QED) is 0.608. The second kappa shape index (κ2) is 5.21. The molecule has 18 heavy (non-hydrogen) atoms. The SMILES string of the molecule is COc1ccc(C)cc1C(=O)C(C)(C)OC(C)=O. The first-order chi connectivity index (χ1) is 8.27. The molecule has 0 aliphatic heterocycles. The Labute approximate surface area is 107 Å². The maximum absolute atomic E-state index is 12.4. The van der Waals surface area contributed by atoms with Crippen LogP contribution in [0.25, 0.3) is 0 Å². The molecule has 4 nitrogen and oxygen atoms in total. The molecule has 1 rings (SSSR count). The maximum Gasteiger partial charge on any atom is 0.303 e. The maximum atomic E-state index is 12.4. The standard InChI is InChI=1S/C14H18O4/c1-9-6-7-12(17-5)11(8-9)13(16)14(3,4)18-10(2)15/h6-8H,1-5H3. The molecule has 4 heteroatoms. The molecule has 0 saturated heterocycles. The van der Waals surface area contributed by atoms with E-state index in [-0.39, 0.29) is 5.78 Å². The zero-order chi connectivity index (χ0) is 13.9. The summed E-state index contributed by atoms with van der Waals surface area (Å²) in [7, 11) is 1.50. The first-order valence-corrected chi connectivity index (χ1v) is 5.67. The summed E-state index contributed by atoms with van der Waals surface area (Å²) >= 11 is 0. The Morgan fingerprint density at radius 3 is 2.33 bits per heavy atom. The van der Waals surface area contributed by atoms with E-state index in [1.165, 1.54) is 14.0 Å². The van der Waals surface area contributed by atoms with E-state index in [0.717, 1.165) is 5.56 Å². The Kier molecular flexibility index (Phi) is 4.11. The van der Waals surface area contributed by atoms with Crippen molar-refractivity contribution in [2.75, 3.05) is 7.11 Å². The van der Waals surface area contributed by atoms with Gasteiger partial charge in [-0.3, -0.25) is 9.59 Å². The molecular formula is C14H18O4. The van der Waals surface area contributed by atoms with Gasteiger partial charge in [-0.15, -0.1) is 0 Å².